The number of aromatic nitrogens is 4. The van der Waals surface area contributed by atoms with Gasteiger partial charge in [-0.1, -0.05) is 0 Å². The van der Waals surface area contributed by atoms with Crippen molar-refractivity contribution >= 4 is 40.1 Å². The molecule has 13 heteroatoms. The number of halogens is 3. The Morgan fingerprint density at radius 2 is 1.95 bits per heavy atom. The highest BCUT2D eigenvalue weighted by molar-refractivity contribution is 5.78. The van der Waals surface area contributed by atoms with E-state index in [9.17, 15) is 18.0 Å². The van der Waals surface area contributed by atoms with E-state index in [-0.39, 0.29) is 23.5 Å². The molecule has 2 aliphatic rings. The Balaban J connectivity index is 1.24. The van der Waals surface area contributed by atoms with Crippen LogP contribution in [0, 0.1) is 6.92 Å². The maximum absolute atomic E-state index is 14.1. The highest BCUT2D eigenvalue weighted by Crippen LogP contribution is 2.38. The molecule has 1 unspecified atom stereocenters. The molecule has 10 nitrogen and oxygen atoms in total. The summed E-state index contributed by atoms with van der Waals surface area (Å²) in [6.45, 7) is 4.59. The predicted octanol–water partition coefficient (Wildman–Crippen LogP) is 4.40. The van der Waals surface area contributed by atoms with Crippen molar-refractivity contribution in [3.63, 3.8) is 0 Å². The van der Waals surface area contributed by atoms with Crippen LogP contribution < -0.4 is 21.3 Å². The third-order valence-electron chi connectivity index (χ3n) is 6.97. The normalized spacial score (nSPS) is 18.1. The summed E-state index contributed by atoms with van der Waals surface area (Å²) >= 11 is 0. The van der Waals surface area contributed by atoms with Crippen molar-refractivity contribution in [2.24, 2.45) is 0 Å². The molecule has 3 aromatic heterocycles. The quantitative estimate of drug-likeness (QED) is 0.348. The van der Waals surface area contributed by atoms with Gasteiger partial charge >= 0.3 is 11.9 Å². The van der Waals surface area contributed by atoms with E-state index in [4.69, 9.17) is 4.42 Å². The molecule has 0 aliphatic carbocycles. The van der Waals surface area contributed by atoms with Gasteiger partial charge in [0.05, 0.1) is 17.4 Å². The molecule has 3 N–H and O–H groups in total. The predicted molar refractivity (Wildman–Crippen MR) is 136 cm³/mol. The van der Waals surface area contributed by atoms with Crippen LogP contribution in [0.3, 0.4) is 0 Å². The van der Waals surface area contributed by atoms with Gasteiger partial charge in [0.1, 0.15) is 17.2 Å². The molecule has 2 fully saturated rings. The van der Waals surface area contributed by atoms with Crippen molar-refractivity contribution in [2.75, 3.05) is 41.7 Å². The van der Waals surface area contributed by atoms with Gasteiger partial charge < -0.3 is 20.0 Å². The third kappa shape index (κ3) is 4.76. The van der Waals surface area contributed by atoms with E-state index in [0.29, 0.717) is 41.3 Å². The average Bonchev–Trinajstić information content (AvgIpc) is 3.50. The molecule has 5 heterocycles. The number of hydrogen-bond acceptors (Lipinski definition) is 9. The fraction of sp³-hybridized carbons (Fsp3) is 0.360. The fourth-order valence-corrected chi connectivity index (χ4v) is 5.09. The lowest BCUT2D eigenvalue weighted by molar-refractivity contribution is -0.137. The Labute approximate surface area is 214 Å². The maximum Gasteiger partial charge on any atom is 0.420 e. The van der Waals surface area contributed by atoms with E-state index in [1.165, 1.54) is 6.20 Å². The van der Waals surface area contributed by atoms with E-state index in [2.05, 4.69) is 35.5 Å². The van der Waals surface area contributed by atoms with Gasteiger partial charge in [-0.3, -0.25) is 9.88 Å². The van der Waals surface area contributed by atoms with Crippen molar-refractivity contribution in [1.82, 2.24) is 24.8 Å². The minimum atomic E-state index is -4.57. The molecule has 6 rings (SSSR count). The number of piperazine rings is 1. The summed E-state index contributed by atoms with van der Waals surface area (Å²) in [5, 5.41) is 6.00. The second kappa shape index (κ2) is 9.31. The number of benzene rings is 1. The molecule has 38 heavy (non-hydrogen) atoms. The number of pyridine rings is 1. The molecule has 0 radical (unpaired) electrons. The van der Waals surface area contributed by atoms with Gasteiger partial charge in [-0.15, -0.1) is 0 Å². The van der Waals surface area contributed by atoms with Crippen LogP contribution in [0.2, 0.25) is 0 Å². The number of aromatic amines is 1. The zero-order chi connectivity index (χ0) is 26.4. The molecule has 0 amide bonds. The molecule has 0 bridgehead atoms. The monoisotopic (exact) mass is 526 g/mol. The average molecular weight is 527 g/mol. The Kier molecular flexibility index (Phi) is 5.94. The summed E-state index contributed by atoms with van der Waals surface area (Å²) in [4.78, 5) is 31.0. The molecule has 198 valence electrons. The van der Waals surface area contributed by atoms with Gasteiger partial charge in [-0.2, -0.15) is 18.2 Å². The molecule has 4 aromatic rings. The molecule has 1 atom stereocenters. The van der Waals surface area contributed by atoms with E-state index in [1.54, 1.807) is 36.2 Å². The van der Waals surface area contributed by atoms with Crippen LogP contribution in [-0.4, -0.2) is 57.1 Å². The third-order valence-corrected chi connectivity index (χ3v) is 6.97. The first-order chi connectivity index (χ1) is 18.2. The van der Waals surface area contributed by atoms with Gasteiger partial charge in [0.2, 0.25) is 5.95 Å². The number of rotatable bonds is 5. The van der Waals surface area contributed by atoms with Crippen molar-refractivity contribution in [1.29, 1.82) is 0 Å². The lowest BCUT2D eigenvalue weighted by Gasteiger charge is -2.39. The number of aryl methyl sites for hydroxylation is 1. The highest BCUT2D eigenvalue weighted by atomic mass is 19.4. The number of alkyl halides is 3. The highest BCUT2D eigenvalue weighted by Gasteiger charge is 2.39. The van der Waals surface area contributed by atoms with Crippen molar-refractivity contribution in [3.05, 3.63) is 58.3 Å². The van der Waals surface area contributed by atoms with Gasteiger partial charge in [0.15, 0.2) is 5.58 Å². The summed E-state index contributed by atoms with van der Waals surface area (Å²) in [7, 11) is 0. The second-order valence-electron chi connectivity index (χ2n) is 9.57. The van der Waals surface area contributed by atoms with Crippen molar-refractivity contribution < 1.29 is 17.6 Å². The van der Waals surface area contributed by atoms with Crippen molar-refractivity contribution in [3.8, 4) is 0 Å². The second-order valence-corrected chi connectivity index (χ2v) is 9.57. The topological polar surface area (TPSA) is 115 Å². The van der Waals surface area contributed by atoms with E-state index < -0.39 is 17.5 Å². The number of anilines is 5. The van der Waals surface area contributed by atoms with E-state index in [1.807, 2.05) is 0 Å². The molecule has 2 aliphatic heterocycles. The van der Waals surface area contributed by atoms with Crippen LogP contribution in [0.25, 0.3) is 11.1 Å². The lowest BCUT2D eigenvalue weighted by atomic mass is 10.1. The number of oxazole rings is 1. The summed E-state index contributed by atoms with van der Waals surface area (Å²) in [6, 6.07) is 6.38. The van der Waals surface area contributed by atoms with Gasteiger partial charge in [-0.25, -0.2) is 14.8 Å². The Hall–Kier alpha value is -4.13. The molecular weight excluding hydrogens is 501 g/mol. The maximum atomic E-state index is 14.1. The number of fused-ring (bicyclic) bond motifs is 2. The minimum Gasteiger partial charge on any atom is -0.408 e. The Bertz CT molecular complexity index is 1550. The largest absolute Gasteiger partial charge is 0.420 e. The van der Waals surface area contributed by atoms with E-state index >= 15 is 0 Å². The zero-order valence-corrected chi connectivity index (χ0v) is 20.5. The Morgan fingerprint density at radius 3 is 2.79 bits per heavy atom. The number of H-pyrrole nitrogens is 1. The van der Waals surface area contributed by atoms with Crippen molar-refractivity contribution in [2.45, 2.75) is 32.0 Å². The van der Waals surface area contributed by atoms with Gasteiger partial charge in [0.25, 0.3) is 0 Å². The number of nitrogens with zero attached hydrogens (tertiary/aromatic N) is 5. The minimum absolute atomic E-state index is 0.0468. The SMILES string of the molecule is Cc1cnc(Nc2cnc(N3CCN4CCCC4C3)c(C(F)(F)F)c2)nc1Nc1ccc2oc(=O)[nH]c2c1. The summed E-state index contributed by atoms with van der Waals surface area (Å²) in [6.07, 6.45) is 0.438. The number of hydrogen-bond donors (Lipinski definition) is 3. The zero-order valence-electron chi connectivity index (χ0n) is 20.5. The first-order valence-corrected chi connectivity index (χ1v) is 12.3. The van der Waals surface area contributed by atoms with Crippen LogP contribution >= 0.6 is 0 Å². The smallest absolute Gasteiger partial charge is 0.408 e. The first kappa shape index (κ1) is 24.2. The van der Waals surface area contributed by atoms with Gasteiger partial charge in [0, 0.05) is 43.1 Å². The standard InChI is InChI=1S/C25H25F3N8O2/c1-14-11-30-23(34-21(14)31-15-4-5-20-19(10-15)33-24(37)38-20)32-16-9-18(25(26,27)28)22(29-12-16)36-8-7-35-6-2-3-17(35)13-36/h4-5,9-12,17H,2-3,6-8,13H2,1H3,(H,33,37)(H2,30,31,32,34). The fourth-order valence-electron chi connectivity index (χ4n) is 5.09. The number of nitrogens with one attached hydrogen (secondary N) is 3. The van der Waals surface area contributed by atoms with Crippen LogP contribution in [0.15, 0.2) is 45.9 Å². The van der Waals surface area contributed by atoms with Crippen LogP contribution in [-0.2, 0) is 6.18 Å². The molecule has 0 spiro atoms. The lowest BCUT2D eigenvalue weighted by Crippen LogP contribution is -2.50. The first-order valence-electron chi connectivity index (χ1n) is 12.3. The summed E-state index contributed by atoms with van der Waals surface area (Å²) in [5.41, 5.74) is 1.63. The molecular formula is C25H25F3N8O2. The molecule has 1 aromatic carbocycles. The van der Waals surface area contributed by atoms with Crippen LogP contribution in [0.5, 0.6) is 0 Å². The summed E-state index contributed by atoms with van der Waals surface area (Å²) < 4.78 is 47.3. The molecule has 0 saturated carbocycles. The molecule has 2 saturated heterocycles. The Morgan fingerprint density at radius 1 is 1.08 bits per heavy atom. The van der Waals surface area contributed by atoms with Crippen LogP contribution in [0.1, 0.15) is 24.0 Å². The van der Waals surface area contributed by atoms with Crippen LogP contribution in [0.4, 0.5) is 42.1 Å². The van der Waals surface area contributed by atoms with Gasteiger partial charge in [-0.05, 0) is 50.6 Å². The summed E-state index contributed by atoms with van der Waals surface area (Å²) in [5.74, 6) is -0.0455. The van der Waals surface area contributed by atoms with E-state index in [0.717, 1.165) is 32.0 Å².